The van der Waals surface area contributed by atoms with E-state index in [1.807, 2.05) is 18.2 Å². The predicted octanol–water partition coefficient (Wildman–Crippen LogP) is 3.68. The first-order chi connectivity index (χ1) is 11.9. The van der Waals surface area contributed by atoms with Gasteiger partial charge < -0.3 is 15.2 Å². The monoisotopic (exact) mass is 352 g/mol. The molecule has 0 amide bonds. The topological polar surface area (TPSA) is 54.4 Å². The Labute approximate surface area is 144 Å². The average Bonchev–Trinajstić information content (AvgIpc) is 2.59. The molecule has 134 valence electrons. The molecule has 0 aliphatic heterocycles. The van der Waals surface area contributed by atoms with E-state index >= 15 is 0 Å². The largest absolute Gasteiger partial charge is 0.491 e. The molecule has 1 aromatic heterocycles. The molecule has 0 aliphatic rings. The highest BCUT2D eigenvalue weighted by Gasteiger charge is 2.30. The summed E-state index contributed by atoms with van der Waals surface area (Å²) < 4.78 is 43.0. The highest BCUT2D eigenvalue weighted by Crippen LogP contribution is 2.28. The van der Waals surface area contributed by atoms with Gasteiger partial charge in [0.05, 0.1) is 5.56 Å². The lowest BCUT2D eigenvalue weighted by Crippen LogP contribution is -2.26. The van der Waals surface area contributed by atoms with Crippen LogP contribution in [0.1, 0.15) is 11.1 Å². The SMILES string of the molecule is C=CCc1ccccc1OCC(O)CNc1ccc(C(F)(F)F)cn1. The molecule has 0 aliphatic carbocycles. The minimum absolute atomic E-state index is 0.0434. The third kappa shape index (κ3) is 5.79. The number of aliphatic hydroxyl groups is 1. The Morgan fingerprint density at radius 3 is 2.64 bits per heavy atom. The molecule has 2 N–H and O–H groups in total. The zero-order valence-electron chi connectivity index (χ0n) is 13.5. The van der Waals surface area contributed by atoms with Crippen LogP contribution in [0.2, 0.25) is 0 Å². The number of hydrogen-bond acceptors (Lipinski definition) is 4. The molecule has 2 rings (SSSR count). The van der Waals surface area contributed by atoms with Crippen LogP contribution in [0.3, 0.4) is 0 Å². The molecular weight excluding hydrogens is 333 g/mol. The smallest absolute Gasteiger partial charge is 0.417 e. The Morgan fingerprint density at radius 1 is 1.24 bits per heavy atom. The van der Waals surface area contributed by atoms with Crippen LogP contribution in [-0.2, 0) is 12.6 Å². The fourth-order valence-corrected chi connectivity index (χ4v) is 2.10. The quantitative estimate of drug-likeness (QED) is 0.712. The maximum atomic E-state index is 12.5. The van der Waals surface area contributed by atoms with E-state index in [2.05, 4.69) is 16.9 Å². The van der Waals surface area contributed by atoms with E-state index in [9.17, 15) is 18.3 Å². The van der Waals surface area contributed by atoms with Gasteiger partial charge in [-0.2, -0.15) is 13.2 Å². The van der Waals surface area contributed by atoms with Crippen LogP contribution in [0, 0.1) is 0 Å². The number of anilines is 1. The highest BCUT2D eigenvalue weighted by molar-refractivity contribution is 5.36. The van der Waals surface area contributed by atoms with Crippen LogP contribution >= 0.6 is 0 Å². The molecular formula is C18H19F3N2O2. The Morgan fingerprint density at radius 2 is 2.00 bits per heavy atom. The summed E-state index contributed by atoms with van der Waals surface area (Å²) in [5.74, 6) is 0.910. The summed E-state index contributed by atoms with van der Waals surface area (Å²) in [5.41, 5.74) is 0.142. The second-order valence-electron chi connectivity index (χ2n) is 5.38. The van der Waals surface area contributed by atoms with Crippen LogP contribution in [0.25, 0.3) is 0 Å². The molecule has 4 nitrogen and oxygen atoms in total. The zero-order chi connectivity index (χ0) is 18.3. The number of pyridine rings is 1. The number of hydrogen-bond donors (Lipinski definition) is 2. The first kappa shape index (κ1) is 18.8. The molecule has 0 saturated carbocycles. The standard InChI is InChI=1S/C18H19F3N2O2/c1-2-5-13-6-3-4-7-16(13)25-12-15(24)11-23-17-9-8-14(10-22-17)18(19,20)21/h2-4,6-10,15,24H,1,5,11-12H2,(H,22,23). The van der Waals surface area contributed by atoms with Gasteiger partial charge in [-0.1, -0.05) is 24.3 Å². The van der Waals surface area contributed by atoms with Crippen LogP contribution in [-0.4, -0.2) is 29.3 Å². The van der Waals surface area contributed by atoms with Gasteiger partial charge in [0.15, 0.2) is 0 Å². The van der Waals surface area contributed by atoms with Gasteiger partial charge in [0.25, 0.3) is 0 Å². The average molecular weight is 352 g/mol. The number of alkyl halides is 3. The van der Waals surface area contributed by atoms with Crippen molar-refractivity contribution in [3.63, 3.8) is 0 Å². The van der Waals surface area contributed by atoms with Crippen LogP contribution in [0.5, 0.6) is 5.75 Å². The summed E-state index contributed by atoms with van der Waals surface area (Å²) in [7, 11) is 0. The molecule has 0 saturated heterocycles. The van der Waals surface area contributed by atoms with E-state index in [0.717, 1.165) is 17.8 Å². The summed E-state index contributed by atoms with van der Waals surface area (Å²) in [6.07, 6.45) is -2.11. The van der Waals surface area contributed by atoms with Gasteiger partial charge >= 0.3 is 6.18 Å². The second-order valence-corrected chi connectivity index (χ2v) is 5.38. The summed E-state index contributed by atoms with van der Waals surface area (Å²) in [4.78, 5) is 3.68. The normalized spacial score (nSPS) is 12.5. The Bertz CT molecular complexity index is 687. The van der Waals surface area contributed by atoms with E-state index in [4.69, 9.17) is 4.74 Å². The minimum Gasteiger partial charge on any atom is -0.491 e. The predicted molar refractivity (Wildman–Crippen MR) is 89.6 cm³/mol. The summed E-state index contributed by atoms with van der Waals surface area (Å²) >= 11 is 0. The molecule has 1 heterocycles. The number of aromatic nitrogens is 1. The van der Waals surface area contributed by atoms with Crippen molar-refractivity contribution in [3.05, 3.63) is 66.4 Å². The number of nitrogens with one attached hydrogen (secondary N) is 1. The van der Waals surface area contributed by atoms with E-state index < -0.39 is 17.8 Å². The minimum atomic E-state index is -4.42. The maximum absolute atomic E-state index is 12.5. The number of halogens is 3. The Hall–Kier alpha value is -2.54. The Balaban J connectivity index is 1.83. The van der Waals surface area contributed by atoms with Crippen molar-refractivity contribution in [1.82, 2.24) is 4.98 Å². The number of nitrogens with zero attached hydrogens (tertiary/aromatic N) is 1. The number of para-hydroxylation sites is 1. The molecule has 0 spiro atoms. The number of aliphatic hydroxyl groups excluding tert-OH is 1. The lowest BCUT2D eigenvalue weighted by molar-refractivity contribution is -0.137. The van der Waals surface area contributed by atoms with Gasteiger partial charge in [-0.05, 0) is 30.2 Å². The molecule has 1 aromatic carbocycles. The number of ether oxygens (including phenoxy) is 1. The van der Waals surface area contributed by atoms with E-state index in [1.54, 1.807) is 12.1 Å². The number of benzene rings is 1. The van der Waals surface area contributed by atoms with Gasteiger partial charge in [0.1, 0.15) is 24.3 Å². The third-order valence-corrected chi connectivity index (χ3v) is 3.38. The van der Waals surface area contributed by atoms with E-state index in [1.165, 1.54) is 6.07 Å². The lowest BCUT2D eigenvalue weighted by atomic mass is 10.1. The maximum Gasteiger partial charge on any atom is 0.417 e. The Kier molecular flexibility index (Phi) is 6.41. The molecule has 7 heteroatoms. The molecule has 0 radical (unpaired) electrons. The molecule has 2 aromatic rings. The van der Waals surface area contributed by atoms with Gasteiger partial charge in [-0.25, -0.2) is 4.98 Å². The zero-order valence-corrected chi connectivity index (χ0v) is 13.5. The highest BCUT2D eigenvalue weighted by atomic mass is 19.4. The number of rotatable bonds is 8. The summed E-state index contributed by atoms with van der Waals surface area (Å²) in [6.45, 7) is 3.83. The van der Waals surface area contributed by atoms with E-state index in [0.29, 0.717) is 12.2 Å². The number of allylic oxidation sites excluding steroid dienone is 1. The van der Waals surface area contributed by atoms with Crippen molar-refractivity contribution in [2.24, 2.45) is 0 Å². The van der Waals surface area contributed by atoms with Crippen LogP contribution < -0.4 is 10.1 Å². The van der Waals surface area contributed by atoms with Crippen molar-refractivity contribution in [3.8, 4) is 5.75 Å². The van der Waals surface area contributed by atoms with Crippen molar-refractivity contribution in [2.75, 3.05) is 18.5 Å². The van der Waals surface area contributed by atoms with Crippen LogP contribution in [0.4, 0.5) is 19.0 Å². The first-order valence-corrected chi connectivity index (χ1v) is 7.67. The summed E-state index contributed by atoms with van der Waals surface area (Å²) in [6, 6.07) is 9.59. The van der Waals surface area contributed by atoms with Gasteiger partial charge in [-0.3, -0.25) is 0 Å². The molecule has 1 atom stereocenters. The lowest BCUT2D eigenvalue weighted by Gasteiger charge is -2.15. The van der Waals surface area contributed by atoms with Gasteiger partial charge in [0, 0.05) is 12.7 Å². The van der Waals surface area contributed by atoms with E-state index in [-0.39, 0.29) is 19.0 Å². The summed E-state index contributed by atoms with van der Waals surface area (Å²) in [5, 5.41) is 12.7. The van der Waals surface area contributed by atoms with Crippen molar-refractivity contribution in [2.45, 2.75) is 18.7 Å². The second kappa shape index (κ2) is 8.53. The van der Waals surface area contributed by atoms with Crippen molar-refractivity contribution in [1.29, 1.82) is 0 Å². The van der Waals surface area contributed by atoms with Gasteiger partial charge in [-0.15, -0.1) is 6.58 Å². The molecule has 25 heavy (non-hydrogen) atoms. The fraction of sp³-hybridized carbons (Fsp3) is 0.278. The molecule has 0 fully saturated rings. The fourth-order valence-electron chi connectivity index (χ4n) is 2.10. The van der Waals surface area contributed by atoms with Crippen LogP contribution in [0.15, 0.2) is 55.3 Å². The first-order valence-electron chi connectivity index (χ1n) is 7.67. The molecule has 0 bridgehead atoms. The van der Waals surface area contributed by atoms with Crippen molar-refractivity contribution < 1.29 is 23.0 Å². The third-order valence-electron chi connectivity index (χ3n) is 3.38. The van der Waals surface area contributed by atoms with Gasteiger partial charge in [0.2, 0.25) is 0 Å². The van der Waals surface area contributed by atoms with Crippen molar-refractivity contribution >= 4 is 5.82 Å². The molecule has 1 unspecified atom stereocenters.